The molecule has 1 aliphatic carbocycles. The molecule has 1 aromatic carbocycles. The Morgan fingerprint density at radius 3 is 2.33 bits per heavy atom. The molecule has 2 saturated heterocycles. The van der Waals surface area contributed by atoms with Crippen molar-refractivity contribution in [1.29, 1.82) is 0 Å². The van der Waals surface area contributed by atoms with Crippen LogP contribution in [-0.2, 0) is 25.3 Å². The number of carbonyl (C=O) groups excluding carboxylic acids is 2. The lowest BCUT2D eigenvalue weighted by molar-refractivity contribution is -0.128. The van der Waals surface area contributed by atoms with Crippen LogP contribution in [0.2, 0.25) is 0 Å². The fraction of sp³-hybridized carbons (Fsp3) is 0.714. The number of amides is 2. The maximum Gasteiger partial charge on any atom is 0.480 e. The quantitative estimate of drug-likeness (QED) is 0.174. The van der Waals surface area contributed by atoms with Crippen molar-refractivity contribution in [2.24, 2.45) is 23.2 Å². The Hall–Kier alpha value is -2.32. The van der Waals surface area contributed by atoms with E-state index < -0.39 is 13.2 Å². The van der Waals surface area contributed by atoms with Gasteiger partial charge in [-0.15, -0.1) is 0 Å². The molecule has 0 spiro atoms. The van der Waals surface area contributed by atoms with Crippen LogP contribution < -0.4 is 16.0 Å². The van der Waals surface area contributed by atoms with Crippen molar-refractivity contribution in [3.05, 3.63) is 47.7 Å². The van der Waals surface area contributed by atoms with Gasteiger partial charge in [0.05, 0.1) is 11.6 Å². The SMILES string of the molecule is C/C=C(\NCCC)C(=O)NC(Cc1ccccc1)C(=O)NC(CC(C)C)B1OCCCC2CC(CO1)C2(C)C.CC.CC.[HH].[HH]. The summed E-state index contributed by atoms with van der Waals surface area (Å²) >= 11 is 0. The van der Waals surface area contributed by atoms with E-state index in [9.17, 15) is 9.59 Å². The molecule has 2 amide bonds. The molecule has 2 heterocycles. The minimum Gasteiger partial charge on any atom is -0.410 e. The second-order valence-corrected chi connectivity index (χ2v) is 12.3. The third kappa shape index (κ3) is 12.3. The summed E-state index contributed by atoms with van der Waals surface area (Å²) in [5, 5.41) is 9.38. The van der Waals surface area contributed by atoms with Crippen LogP contribution >= 0.6 is 0 Å². The minimum atomic E-state index is -0.737. The van der Waals surface area contributed by atoms with Gasteiger partial charge in [-0.05, 0) is 67.8 Å². The van der Waals surface area contributed by atoms with E-state index in [0.717, 1.165) is 30.7 Å². The average Bonchev–Trinajstić information content (AvgIpc) is 3.01. The number of nitrogens with one attached hydrogen (secondary N) is 3. The van der Waals surface area contributed by atoms with E-state index in [1.165, 1.54) is 12.8 Å². The van der Waals surface area contributed by atoms with Crippen molar-refractivity contribution in [2.75, 3.05) is 19.8 Å². The van der Waals surface area contributed by atoms with Crippen LogP contribution in [0.25, 0.3) is 0 Å². The van der Waals surface area contributed by atoms with Gasteiger partial charge in [0.15, 0.2) is 0 Å². The van der Waals surface area contributed by atoms with Crippen molar-refractivity contribution in [3.8, 4) is 0 Å². The zero-order valence-corrected chi connectivity index (χ0v) is 28.9. The Morgan fingerprint density at radius 2 is 1.74 bits per heavy atom. The molecule has 43 heavy (non-hydrogen) atoms. The highest BCUT2D eigenvalue weighted by Crippen LogP contribution is 2.53. The van der Waals surface area contributed by atoms with Crippen LogP contribution in [0, 0.1) is 23.2 Å². The Bertz CT molecular complexity index is 963. The van der Waals surface area contributed by atoms with Crippen molar-refractivity contribution >= 4 is 18.9 Å². The molecule has 2 aliphatic heterocycles. The maximum atomic E-state index is 13.8. The number of allylic oxidation sites excluding steroid dienone is 1. The van der Waals surface area contributed by atoms with Gasteiger partial charge in [-0.1, -0.05) is 98.7 Å². The van der Waals surface area contributed by atoms with Gasteiger partial charge in [-0.2, -0.15) is 0 Å². The third-order valence-electron chi connectivity index (χ3n) is 8.50. The average molecular weight is 604 g/mol. The number of hydrogen-bond donors (Lipinski definition) is 3. The predicted octanol–water partition coefficient (Wildman–Crippen LogP) is 7.21. The molecule has 2 bridgehead atoms. The van der Waals surface area contributed by atoms with E-state index in [-0.39, 0.29) is 26.0 Å². The van der Waals surface area contributed by atoms with Crippen molar-refractivity contribution in [3.63, 3.8) is 0 Å². The molecule has 0 aromatic heterocycles. The summed E-state index contributed by atoms with van der Waals surface area (Å²) in [6, 6.07) is 9.06. The van der Waals surface area contributed by atoms with Crippen LogP contribution in [0.4, 0.5) is 0 Å². The van der Waals surface area contributed by atoms with Crippen molar-refractivity contribution in [2.45, 2.75) is 120 Å². The largest absolute Gasteiger partial charge is 0.480 e. The summed E-state index contributed by atoms with van der Waals surface area (Å²) in [4.78, 5) is 27.0. The first-order valence-corrected chi connectivity index (χ1v) is 16.9. The van der Waals surface area contributed by atoms with Gasteiger partial charge in [0.2, 0.25) is 5.91 Å². The summed E-state index contributed by atoms with van der Waals surface area (Å²) in [6.45, 7) is 22.8. The highest BCUT2D eigenvalue weighted by molar-refractivity contribution is 6.47. The molecule has 1 aromatic rings. The summed E-state index contributed by atoms with van der Waals surface area (Å²) in [7, 11) is -0.519. The Balaban J connectivity index is 0. The maximum absolute atomic E-state index is 13.8. The smallest absolute Gasteiger partial charge is 0.410 e. The molecule has 0 radical (unpaired) electrons. The molecule has 3 N–H and O–H groups in total. The molecule has 3 fully saturated rings. The highest BCUT2D eigenvalue weighted by Gasteiger charge is 2.48. The zero-order chi connectivity index (χ0) is 32.4. The lowest BCUT2D eigenvalue weighted by Crippen LogP contribution is -2.57. The Morgan fingerprint density at radius 1 is 1.07 bits per heavy atom. The van der Waals surface area contributed by atoms with E-state index in [1.54, 1.807) is 6.08 Å². The first-order chi connectivity index (χ1) is 20.6. The number of carbonyl (C=O) groups is 2. The predicted molar refractivity (Wildman–Crippen MR) is 185 cm³/mol. The van der Waals surface area contributed by atoms with E-state index in [0.29, 0.717) is 43.7 Å². The first kappa shape index (κ1) is 38.7. The Labute approximate surface area is 266 Å². The normalized spacial score (nSPS) is 21.0. The number of hydrogen-bond acceptors (Lipinski definition) is 5. The van der Waals surface area contributed by atoms with Gasteiger partial charge < -0.3 is 25.3 Å². The van der Waals surface area contributed by atoms with E-state index >= 15 is 0 Å². The second kappa shape index (κ2) is 20.6. The molecule has 4 rings (SSSR count). The molecular formula is C35H66BN3O4. The van der Waals surface area contributed by atoms with E-state index in [1.807, 2.05) is 71.9 Å². The topological polar surface area (TPSA) is 88.7 Å². The number of rotatable bonds is 12. The number of benzene rings is 1. The van der Waals surface area contributed by atoms with Crippen LogP contribution in [0.1, 0.15) is 110 Å². The molecule has 8 heteroatoms. The monoisotopic (exact) mass is 604 g/mol. The zero-order valence-electron chi connectivity index (χ0n) is 28.9. The lowest BCUT2D eigenvalue weighted by atomic mass is 9.53. The standard InChI is InChI=1S/C31H50BN3O4.2C2H6.2H2/c1-7-16-33-26(8-2)29(36)34-27(19-23-13-10-9-11-14-23)30(37)35-28(18-22(3)4)32-38-17-12-15-24-20-25(21-39-32)31(24,5)6;2*1-2;;/h8-11,13-14,22,24-25,27-28,33H,7,12,15-21H2,1-6H3,(H,34,36)(H,35,37);2*1-2H3;2*1H/b26-8-;;;;. The van der Waals surface area contributed by atoms with E-state index in [2.05, 4.69) is 43.6 Å². The molecule has 1 saturated carbocycles. The van der Waals surface area contributed by atoms with Gasteiger partial charge in [-0.3, -0.25) is 9.59 Å². The van der Waals surface area contributed by atoms with Gasteiger partial charge in [0.1, 0.15) is 6.04 Å². The summed E-state index contributed by atoms with van der Waals surface area (Å²) in [5.74, 6) is 0.742. The molecular weight excluding hydrogens is 537 g/mol. The summed E-state index contributed by atoms with van der Waals surface area (Å²) < 4.78 is 12.7. The fourth-order valence-electron chi connectivity index (χ4n) is 5.81. The van der Waals surface area contributed by atoms with Gasteiger partial charge in [-0.25, -0.2) is 0 Å². The summed E-state index contributed by atoms with van der Waals surface area (Å²) in [6.07, 6.45) is 7.12. The lowest BCUT2D eigenvalue weighted by Gasteiger charge is -2.53. The molecule has 248 valence electrons. The molecule has 3 aliphatic rings. The van der Waals surface area contributed by atoms with Crippen molar-refractivity contribution < 1.29 is 21.8 Å². The highest BCUT2D eigenvalue weighted by atomic mass is 16.6. The van der Waals surface area contributed by atoms with Gasteiger partial charge in [0.25, 0.3) is 5.91 Å². The minimum absolute atomic E-state index is 0. The van der Waals surface area contributed by atoms with Crippen LogP contribution in [0.3, 0.4) is 0 Å². The van der Waals surface area contributed by atoms with Gasteiger partial charge in [0, 0.05) is 29.0 Å². The van der Waals surface area contributed by atoms with Crippen LogP contribution in [-0.4, -0.2) is 50.7 Å². The first-order valence-electron chi connectivity index (χ1n) is 16.9. The third-order valence-corrected chi connectivity index (χ3v) is 8.50. The number of fused-ring (bicyclic) bond motifs is 6. The molecule has 4 unspecified atom stereocenters. The van der Waals surface area contributed by atoms with E-state index in [4.69, 9.17) is 9.31 Å². The molecule has 7 nitrogen and oxygen atoms in total. The van der Waals surface area contributed by atoms with Crippen molar-refractivity contribution in [1.82, 2.24) is 16.0 Å². The van der Waals surface area contributed by atoms with Crippen LogP contribution in [0.5, 0.6) is 0 Å². The second-order valence-electron chi connectivity index (χ2n) is 12.3. The van der Waals surface area contributed by atoms with Gasteiger partial charge >= 0.3 is 7.12 Å². The van der Waals surface area contributed by atoms with Crippen LogP contribution in [0.15, 0.2) is 42.1 Å². The molecule has 4 atom stereocenters. The Kier molecular flexibility index (Phi) is 18.6. The summed E-state index contributed by atoms with van der Waals surface area (Å²) in [5.41, 5.74) is 1.73. The fourth-order valence-corrected chi connectivity index (χ4v) is 5.81.